The molecular formula is C20H26FIN4O. The fourth-order valence-electron chi connectivity index (χ4n) is 2.40. The van der Waals surface area contributed by atoms with Gasteiger partial charge in [-0.25, -0.2) is 4.39 Å². The van der Waals surface area contributed by atoms with E-state index in [0.29, 0.717) is 36.7 Å². The smallest absolute Gasteiger partial charge is 0.251 e. The summed E-state index contributed by atoms with van der Waals surface area (Å²) in [6.45, 7) is 5.14. The Labute approximate surface area is 176 Å². The second kappa shape index (κ2) is 11.5. The van der Waals surface area contributed by atoms with E-state index in [2.05, 4.69) is 20.9 Å². The zero-order valence-electron chi connectivity index (χ0n) is 15.8. The van der Waals surface area contributed by atoms with Crippen molar-refractivity contribution in [2.75, 3.05) is 20.1 Å². The average molecular weight is 484 g/mol. The molecule has 0 aromatic heterocycles. The maximum Gasteiger partial charge on any atom is 0.251 e. The number of guanidine groups is 1. The Kier molecular flexibility index (Phi) is 9.77. The molecule has 0 saturated carbocycles. The third kappa shape index (κ3) is 7.54. The van der Waals surface area contributed by atoms with Crippen LogP contribution in [0.25, 0.3) is 0 Å². The van der Waals surface area contributed by atoms with Crippen LogP contribution in [0.4, 0.5) is 4.39 Å². The maximum atomic E-state index is 13.6. The van der Waals surface area contributed by atoms with E-state index in [0.717, 1.165) is 11.1 Å². The number of carbonyl (C=O) groups is 1. The summed E-state index contributed by atoms with van der Waals surface area (Å²) in [5, 5.41) is 9.09. The minimum absolute atomic E-state index is 0. The summed E-state index contributed by atoms with van der Waals surface area (Å²) in [5.41, 5.74) is 3.16. The van der Waals surface area contributed by atoms with Crippen LogP contribution in [0.15, 0.2) is 47.5 Å². The Morgan fingerprint density at radius 2 is 1.78 bits per heavy atom. The van der Waals surface area contributed by atoms with Crippen molar-refractivity contribution in [2.45, 2.75) is 20.4 Å². The number of aryl methyl sites for hydroxylation is 2. The van der Waals surface area contributed by atoms with Gasteiger partial charge in [0.25, 0.3) is 5.91 Å². The molecule has 0 radical (unpaired) electrons. The summed E-state index contributed by atoms with van der Waals surface area (Å²) in [6.07, 6.45) is 0. The number of halogens is 2. The second-order valence-electron chi connectivity index (χ2n) is 6.06. The van der Waals surface area contributed by atoms with Crippen LogP contribution in [0.3, 0.4) is 0 Å². The number of amides is 1. The summed E-state index contributed by atoms with van der Waals surface area (Å²) in [7, 11) is 1.66. The van der Waals surface area contributed by atoms with E-state index >= 15 is 0 Å². The van der Waals surface area contributed by atoms with Crippen LogP contribution < -0.4 is 16.0 Å². The van der Waals surface area contributed by atoms with Crippen molar-refractivity contribution in [3.05, 3.63) is 70.5 Å². The molecule has 2 aromatic carbocycles. The van der Waals surface area contributed by atoms with Crippen LogP contribution in [-0.2, 0) is 6.54 Å². The molecule has 0 spiro atoms. The zero-order chi connectivity index (χ0) is 18.9. The van der Waals surface area contributed by atoms with Gasteiger partial charge in [-0.2, -0.15) is 0 Å². The molecule has 5 nitrogen and oxygen atoms in total. The lowest BCUT2D eigenvalue weighted by Crippen LogP contribution is -2.41. The molecule has 146 valence electrons. The number of hydrogen-bond acceptors (Lipinski definition) is 2. The number of hydrogen-bond donors (Lipinski definition) is 3. The van der Waals surface area contributed by atoms with Crippen molar-refractivity contribution in [3.63, 3.8) is 0 Å². The van der Waals surface area contributed by atoms with Gasteiger partial charge in [0.05, 0.1) is 0 Å². The second-order valence-corrected chi connectivity index (χ2v) is 6.06. The first-order valence-corrected chi connectivity index (χ1v) is 8.54. The fourth-order valence-corrected chi connectivity index (χ4v) is 2.40. The Bertz CT molecular complexity index is 795. The third-order valence-electron chi connectivity index (χ3n) is 3.90. The minimum atomic E-state index is -0.217. The van der Waals surface area contributed by atoms with Crippen molar-refractivity contribution < 1.29 is 9.18 Å². The number of aliphatic imine (C=N–C) groups is 1. The Morgan fingerprint density at radius 3 is 2.44 bits per heavy atom. The molecule has 0 atom stereocenters. The Morgan fingerprint density at radius 1 is 1.04 bits per heavy atom. The van der Waals surface area contributed by atoms with Gasteiger partial charge in [0, 0.05) is 32.2 Å². The van der Waals surface area contributed by atoms with Crippen LogP contribution >= 0.6 is 24.0 Å². The van der Waals surface area contributed by atoms with Gasteiger partial charge >= 0.3 is 0 Å². The largest absolute Gasteiger partial charge is 0.355 e. The van der Waals surface area contributed by atoms with E-state index in [1.807, 2.05) is 31.2 Å². The first-order chi connectivity index (χ1) is 12.5. The molecule has 0 aliphatic rings. The summed E-state index contributed by atoms with van der Waals surface area (Å²) in [4.78, 5) is 16.2. The number of nitrogens with zero attached hydrogens (tertiary/aromatic N) is 1. The van der Waals surface area contributed by atoms with Crippen molar-refractivity contribution in [3.8, 4) is 0 Å². The number of benzene rings is 2. The molecule has 0 aliphatic carbocycles. The number of carbonyl (C=O) groups excluding carboxylic acids is 1. The Balaban J connectivity index is 0.00000364. The normalized spacial score (nSPS) is 10.7. The average Bonchev–Trinajstić information content (AvgIpc) is 2.63. The molecule has 0 heterocycles. The van der Waals surface area contributed by atoms with Crippen LogP contribution in [0.2, 0.25) is 0 Å². The van der Waals surface area contributed by atoms with E-state index in [4.69, 9.17) is 0 Å². The molecule has 0 aliphatic heterocycles. The lowest BCUT2D eigenvalue weighted by molar-refractivity contribution is 0.0954. The van der Waals surface area contributed by atoms with Gasteiger partial charge in [-0.3, -0.25) is 9.79 Å². The first-order valence-electron chi connectivity index (χ1n) is 8.54. The molecular weight excluding hydrogens is 458 g/mol. The minimum Gasteiger partial charge on any atom is -0.355 e. The van der Waals surface area contributed by atoms with Gasteiger partial charge in [0.1, 0.15) is 5.82 Å². The lowest BCUT2D eigenvalue weighted by Gasteiger charge is -2.13. The van der Waals surface area contributed by atoms with E-state index < -0.39 is 0 Å². The molecule has 3 N–H and O–H groups in total. The SMILES string of the molecule is CN=C(NCCNC(=O)c1cccc(C)c1)NCc1ccc(C)c(F)c1.I. The lowest BCUT2D eigenvalue weighted by atomic mass is 10.1. The van der Waals surface area contributed by atoms with E-state index in [1.165, 1.54) is 6.07 Å². The Hall–Kier alpha value is -2.16. The third-order valence-corrected chi connectivity index (χ3v) is 3.90. The van der Waals surface area contributed by atoms with Gasteiger partial charge in [-0.05, 0) is 43.2 Å². The topological polar surface area (TPSA) is 65.5 Å². The highest BCUT2D eigenvalue weighted by atomic mass is 127. The monoisotopic (exact) mass is 484 g/mol. The fraction of sp³-hybridized carbons (Fsp3) is 0.300. The molecule has 2 rings (SSSR count). The van der Waals surface area contributed by atoms with Crippen LogP contribution in [0, 0.1) is 19.7 Å². The first kappa shape index (κ1) is 22.9. The van der Waals surface area contributed by atoms with Crippen LogP contribution in [0.5, 0.6) is 0 Å². The summed E-state index contributed by atoms with van der Waals surface area (Å²) in [5.74, 6) is 0.274. The van der Waals surface area contributed by atoms with Crippen LogP contribution in [0.1, 0.15) is 27.0 Å². The summed E-state index contributed by atoms with van der Waals surface area (Å²) in [6, 6.07) is 12.6. The van der Waals surface area contributed by atoms with E-state index in [-0.39, 0.29) is 35.7 Å². The molecule has 0 fully saturated rings. The van der Waals surface area contributed by atoms with Gasteiger partial charge < -0.3 is 16.0 Å². The van der Waals surface area contributed by atoms with Gasteiger partial charge in [-0.1, -0.05) is 29.8 Å². The van der Waals surface area contributed by atoms with Gasteiger partial charge in [-0.15, -0.1) is 24.0 Å². The standard InChI is InChI=1S/C20H25FN4O.HI/c1-14-5-4-6-17(11-14)19(26)23-9-10-24-20(22-3)25-13-16-8-7-15(2)18(21)12-16;/h4-8,11-12H,9-10,13H2,1-3H3,(H,23,26)(H2,22,24,25);1H. The zero-order valence-corrected chi connectivity index (χ0v) is 18.1. The van der Waals surface area contributed by atoms with Crippen molar-refractivity contribution >= 4 is 35.8 Å². The molecule has 1 amide bonds. The van der Waals surface area contributed by atoms with Crippen molar-refractivity contribution in [2.24, 2.45) is 4.99 Å². The molecule has 0 bridgehead atoms. The highest BCUT2D eigenvalue weighted by Gasteiger charge is 2.05. The molecule has 2 aromatic rings. The maximum absolute atomic E-state index is 13.6. The number of rotatable bonds is 6. The van der Waals surface area contributed by atoms with E-state index in [9.17, 15) is 9.18 Å². The predicted molar refractivity (Wildman–Crippen MR) is 118 cm³/mol. The van der Waals surface area contributed by atoms with Crippen molar-refractivity contribution in [1.82, 2.24) is 16.0 Å². The van der Waals surface area contributed by atoms with E-state index in [1.54, 1.807) is 26.1 Å². The van der Waals surface area contributed by atoms with Gasteiger partial charge in [0.15, 0.2) is 5.96 Å². The molecule has 27 heavy (non-hydrogen) atoms. The number of nitrogens with one attached hydrogen (secondary N) is 3. The summed E-state index contributed by atoms with van der Waals surface area (Å²) >= 11 is 0. The van der Waals surface area contributed by atoms with Gasteiger partial charge in [0.2, 0.25) is 0 Å². The van der Waals surface area contributed by atoms with Crippen molar-refractivity contribution in [1.29, 1.82) is 0 Å². The molecule has 0 saturated heterocycles. The highest BCUT2D eigenvalue weighted by molar-refractivity contribution is 14.0. The van der Waals surface area contributed by atoms with Crippen LogP contribution in [-0.4, -0.2) is 32.0 Å². The predicted octanol–water partition coefficient (Wildman–Crippen LogP) is 3.16. The quantitative estimate of drug-likeness (QED) is 0.256. The summed E-state index contributed by atoms with van der Waals surface area (Å²) < 4.78 is 13.6. The molecule has 7 heteroatoms. The highest BCUT2D eigenvalue weighted by Crippen LogP contribution is 2.08. The molecule has 0 unspecified atom stereocenters.